The number of rotatable bonds is 4. The lowest BCUT2D eigenvalue weighted by Crippen LogP contribution is -2.43. The number of anilines is 1. The number of hydrogen-bond donors (Lipinski definition) is 3. The lowest BCUT2D eigenvalue weighted by molar-refractivity contribution is 0.0952. The highest BCUT2D eigenvalue weighted by Gasteiger charge is 2.30. The van der Waals surface area contributed by atoms with Gasteiger partial charge >= 0.3 is 0 Å². The Morgan fingerprint density at radius 3 is 2.67 bits per heavy atom. The van der Waals surface area contributed by atoms with Crippen LogP contribution in [-0.2, 0) is 9.84 Å². The van der Waals surface area contributed by atoms with Crippen molar-refractivity contribution < 1.29 is 13.2 Å². The summed E-state index contributed by atoms with van der Waals surface area (Å²) in [6.45, 7) is 3.20. The molecule has 0 saturated heterocycles. The van der Waals surface area contributed by atoms with Crippen molar-refractivity contribution in [2.75, 3.05) is 18.5 Å². The Hall–Kier alpha value is -2.02. The third kappa shape index (κ3) is 3.02. The van der Waals surface area contributed by atoms with Crippen molar-refractivity contribution in [2.45, 2.75) is 18.6 Å². The fourth-order valence-corrected chi connectivity index (χ4v) is 2.18. The molecule has 1 aromatic heterocycles. The molecule has 7 heteroatoms. The smallest absolute Gasteiger partial charge is 0.253 e. The van der Waals surface area contributed by atoms with Crippen LogP contribution < -0.4 is 11.1 Å². The summed E-state index contributed by atoms with van der Waals surface area (Å²) in [5, 5.41) is 3.38. The van der Waals surface area contributed by atoms with Gasteiger partial charge in [-0.15, -0.1) is 0 Å². The van der Waals surface area contributed by atoms with Crippen LogP contribution in [0.4, 0.5) is 5.69 Å². The molecule has 114 valence electrons. The molecule has 0 aliphatic carbocycles. The van der Waals surface area contributed by atoms with Gasteiger partial charge in [0.2, 0.25) is 0 Å². The van der Waals surface area contributed by atoms with E-state index in [9.17, 15) is 13.2 Å². The first-order valence-corrected chi connectivity index (χ1v) is 8.35. The van der Waals surface area contributed by atoms with E-state index < -0.39 is 14.6 Å². The minimum absolute atomic E-state index is 0.0413. The van der Waals surface area contributed by atoms with Gasteiger partial charge in [-0.05, 0) is 32.0 Å². The zero-order chi connectivity index (χ0) is 15.8. The van der Waals surface area contributed by atoms with Crippen LogP contribution in [-0.4, -0.2) is 36.9 Å². The normalized spacial score (nSPS) is 12.5. The molecular weight excluding hydrogens is 290 g/mol. The number of aromatic amines is 1. The van der Waals surface area contributed by atoms with Gasteiger partial charge in [0.05, 0.1) is 10.3 Å². The van der Waals surface area contributed by atoms with E-state index in [1.54, 1.807) is 38.2 Å². The summed E-state index contributed by atoms with van der Waals surface area (Å²) in [4.78, 5) is 15.2. The number of nitrogen functional groups attached to an aromatic ring is 1. The molecule has 1 heterocycles. The maximum absolute atomic E-state index is 12.2. The molecule has 6 nitrogen and oxygen atoms in total. The molecule has 0 aliphatic rings. The second-order valence-corrected chi connectivity index (χ2v) is 8.37. The molecule has 0 unspecified atom stereocenters. The minimum atomic E-state index is -3.26. The van der Waals surface area contributed by atoms with Crippen molar-refractivity contribution in [1.29, 1.82) is 0 Å². The van der Waals surface area contributed by atoms with E-state index in [0.29, 0.717) is 16.6 Å². The summed E-state index contributed by atoms with van der Waals surface area (Å²) in [7, 11) is -3.26. The van der Waals surface area contributed by atoms with Crippen molar-refractivity contribution >= 4 is 32.3 Å². The Kier molecular flexibility index (Phi) is 3.71. The van der Waals surface area contributed by atoms with E-state index >= 15 is 0 Å². The molecule has 2 rings (SSSR count). The summed E-state index contributed by atoms with van der Waals surface area (Å²) < 4.78 is 22.3. The van der Waals surface area contributed by atoms with Crippen LogP contribution >= 0.6 is 0 Å². The molecule has 1 aromatic carbocycles. The number of fused-ring (bicyclic) bond motifs is 1. The van der Waals surface area contributed by atoms with E-state index in [2.05, 4.69) is 10.3 Å². The highest BCUT2D eigenvalue weighted by molar-refractivity contribution is 7.92. The number of H-pyrrole nitrogens is 1. The molecule has 0 aliphatic heterocycles. The van der Waals surface area contributed by atoms with Crippen molar-refractivity contribution in [3.63, 3.8) is 0 Å². The zero-order valence-corrected chi connectivity index (χ0v) is 13.0. The molecule has 4 N–H and O–H groups in total. The monoisotopic (exact) mass is 309 g/mol. The average Bonchev–Trinajstić information content (AvgIpc) is 2.77. The first-order valence-electron chi connectivity index (χ1n) is 6.46. The number of benzene rings is 1. The first kappa shape index (κ1) is 15.4. The lowest BCUT2D eigenvalue weighted by Gasteiger charge is -2.22. The number of aromatic nitrogens is 1. The fourth-order valence-electron chi connectivity index (χ4n) is 1.85. The molecular formula is C14H19N3O3S. The number of sulfone groups is 1. The van der Waals surface area contributed by atoms with Crippen LogP contribution in [0, 0.1) is 0 Å². The zero-order valence-electron chi connectivity index (χ0n) is 12.2. The van der Waals surface area contributed by atoms with E-state index in [4.69, 9.17) is 5.73 Å². The number of carbonyl (C=O) groups is 1. The van der Waals surface area contributed by atoms with Crippen molar-refractivity contribution in [3.05, 3.63) is 30.0 Å². The second kappa shape index (κ2) is 5.07. The SMILES string of the molecule is CC(C)(CNC(=O)c1c[nH]c2ccc(N)cc12)S(C)(=O)=O. The van der Waals surface area contributed by atoms with Crippen molar-refractivity contribution in [3.8, 4) is 0 Å². The standard InChI is InChI=1S/C14H19N3O3S/c1-14(2,21(3,19)20)8-17-13(18)11-7-16-12-5-4-9(15)6-10(11)12/h4-7,16H,8,15H2,1-3H3,(H,17,18). The van der Waals surface area contributed by atoms with Crippen molar-refractivity contribution in [2.24, 2.45) is 0 Å². The fraction of sp³-hybridized carbons (Fsp3) is 0.357. The Morgan fingerprint density at radius 1 is 1.38 bits per heavy atom. The van der Waals surface area contributed by atoms with Gasteiger partial charge in [-0.3, -0.25) is 4.79 Å². The highest BCUT2D eigenvalue weighted by atomic mass is 32.2. The second-order valence-electron chi connectivity index (χ2n) is 5.72. The Balaban J connectivity index is 2.22. The molecule has 2 aromatic rings. The Morgan fingerprint density at radius 2 is 2.05 bits per heavy atom. The van der Waals surface area contributed by atoms with Gasteiger partial charge in [-0.25, -0.2) is 8.42 Å². The summed E-state index contributed by atoms with van der Waals surface area (Å²) in [5.41, 5.74) is 7.54. The van der Waals surface area contributed by atoms with Crippen LogP contribution in [0.25, 0.3) is 10.9 Å². The number of carbonyl (C=O) groups excluding carboxylic acids is 1. The van der Waals surface area contributed by atoms with Crippen LogP contribution in [0.5, 0.6) is 0 Å². The summed E-state index contributed by atoms with van der Waals surface area (Å²) in [6, 6.07) is 5.25. The molecule has 0 saturated carbocycles. The van der Waals surface area contributed by atoms with Gasteiger partial charge in [0.1, 0.15) is 0 Å². The van der Waals surface area contributed by atoms with Crippen LogP contribution in [0.15, 0.2) is 24.4 Å². The molecule has 0 fully saturated rings. The predicted molar refractivity (Wildman–Crippen MR) is 84.0 cm³/mol. The van der Waals surface area contributed by atoms with E-state index in [1.807, 2.05) is 0 Å². The average molecular weight is 309 g/mol. The predicted octanol–water partition coefficient (Wildman–Crippen LogP) is 1.30. The highest BCUT2D eigenvalue weighted by Crippen LogP contribution is 2.21. The minimum Gasteiger partial charge on any atom is -0.399 e. The molecule has 0 radical (unpaired) electrons. The van der Waals surface area contributed by atoms with Gasteiger partial charge < -0.3 is 16.0 Å². The van der Waals surface area contributed by atoms with Gasteiger partial charge in [0.15, 0.2) is 9.84 Å². The molecule has 0 atom stereocenters. The number of nitrogens with one attached hydrogen (secondary N) is 2. The van der Waals surface area contributed by atoms with Gasteiger partial charge in [0.25, 0.3) is 5.91 Å². The van der Waals surface area contributed by atoms with Crippen LogP contribution in [0.2, 0.25) is 0 Å². The Labute approximate surface area is 123 Å². The molecule has 0 bridgehead atoms. The largest absolute Gasteiger partial charge is 0.399 e. The summed E-state index contributed by atoms with van der Waals surface area (Å²) in [6.07, 6.45) is 2.75. The van der Waals surface area contributed by atoms with E-state index in [1.165, 1.54) is 0 Å². The van der Waals surface area contributed by atoms with Crippen LogP contribution in [0.1, 0.15) is 24.2 Å². The quantitative estimate of drug-likeness (QED) is 0.740. The number of hydrogen-bond acceptors (Lipinski definition) is 4. The third-order valence-electron chi connectivity index (χ3n) is 3.63. The van der Waals surface area contributed by atoms with E-state index in [0.717, 1.165) is 11.8 Å². The lowest BCUT2D eigenvalue weighted by atomic mass is 10.1. The molecule has 1 amide bonds. The van der Waals surface area contributed by atoms with Crippen LogP contribution in [0.3, 0.4) is 0 Å². The van der Waals surface area contributed by atoms with Gasteiger partial charge in [0, 0.05) is 35.6 Å². The van der Waals surface area contributed by atoms with Crippen molar-refractivity contribution in [1.82, 2.24) is 10.3 Å². The topological polar surface area (TPSA) is 105 Å². The Bertz CT molecular complexity index is 791. The molecule has 0 spiro atoms. The number of amides is 1. The maximum Gasteiger partial charge on any atom is 0.253 e. The van der Waals surface area contributed by atoms with Gasteiger partial charge in [-0.2, -0.15) is 0 Å². The van der Waals surface area contributed by atoms with Gasteiger partial charge in [-0.1, -0.05) is 0 Å². The summed E-state index contributed by atoms with van der Waals surface area (Å²) >= 11 is 0. The maximum atomic E-state index is 12.2. The number of nitrogens with two attached hydrogens (primary N) is 1. The third-order valence-corrected chi connectivity index (χ3v) is 5.78. The molecule has 21 heavy (non-hydrogen) atoms. The van der Waals surface area contributed by atoms with E-state index in [-0.39, 0.29) is 12.5 Å². The first-order chi connectivity index (χ1) is 9.62. The summed E-state index contributed by atoms with van der Waals surface area (Å²) in [5.74, 6) is -0.330.